The zero-order chi connectivity index (χ0) is 18.9. The Labute approximate surface area is 149 Å². The van der Waals surface area contributed by atoms with Crippen LogP contribution in [0.2, 0.25) is 0 Å². The number of carbonyl (C=O) groups excluding carboxylic acids is 2. The lowest BCUT2D eigenvalue weighted by molar-refractivity contribution is -0.118. The van der Waals surface area contributed by atoms with Crippen LogP contribution in [0, 0.1) is 11.8 Å². The summed E-state index contributed by atoms with van der Waals surface area (Å²) in [5.41, 5.74) is 4.59. The van der Waals surface area contributed by atoms with E-state index in [2.05, 4.69) is 13.8 Å². The smallest absolute Gasteiger partial charge is 0.159 e. The summed E-state index contributed by atoms with van der Waals surface area (Å²) in [7, 11) is 0. The van der Waals surface area contributed by atoms with Crippen molar-refractivity contribution >= 4 is 11.6 Å². The summed E-state index contributed by atoms with van der Waals surface area (Å²) in [6.45, 7) is 16.4. The lowest BCUT2D eigenvalue weighted by Crippen LogP contribution is -2.16. The van der Waals surface area contributed by atoms with Crippen molar-refractivity contribution in [2.75, 3.05) is 0 Å². The Morgan fingerprint density at radius 3 is 1.21 bits per heavy atom. The molecule has 0 radical (unpaired) electrons. The predicted molar refractivity (Wildman–Crippen MR) is 104 cm³/mol. The molecule has 2 nitrogen and oxygen atoms in total. The number of allylic oxidation sites excluding steroid dienone is 4. The summed E-state index contributed by atoms with van der Waals surface area (Å²) in [6.07, 6.45) is 5.91. The first-order valence-corrected chi connectivity index (χ1v) is 9.61. The highest BCUT2D eigenvalue weighted by atomic mass is 16.1. The van der Waals surface area contributed by atoms with Crippen molar-refractivity contribution in [1.82, 2.24) is 0 Å². The molecule has 0 bridgehead atoms. The normalized spacial score (nSPS) is 23.7. The maximum atomic E-state index is 11.4. The molecule has 138 valence electrons. The van der Waals surface area contributed by atoms with Crippen molar-refractivity contribution in [2.45, 2.75) is 93.9 Å². The second-order valence-electron chi connectivity index (χ2n) is 7.50. The molecule has 2 atom stereocenters. The SMILES string of the molecule is CC.CC(C)=C1CCC(C)CC1=O.CC(C)=C1CC[C@H](C)CC1=O. The Morgan fingerprint density at radius 1 is 0.708 bits per heavy atom. The molecule has 2 fully saturated rings. The van der Waals surface area contributed by atoms with Gasteiger partial charge in [0.15, 0.2) is 11.6 Å². The summed E-state index contributed by atoms with van der Waals surface area (Å²) >= 11 is 0. The van der Waals surface area contributed by atoms with Gasteiger partial charge in [0.1, 0.15) is 0 Å². The van der Waals surface area contributed by atoms with Crippen LogP contribution in [0.3, 0.4) is 0 Å². The zero-order valence-corrected chi connectivity index (χ0v) is 17.2. The molecule has 0 heterocycles. The molecule has 0 aromatic carbocycles. The highest BCUT2D eigenvalue weighted by Crippen LogP contribution is 2.27. The summed E-state index contributed by atoms with van der Waals surface area (Å²) < 4.78 is 0. The number of ketones is 2. The van der Waals surface area contributed by atoms with E-state index in [1.165, 1.54) is 24.0 Å². The molecule has 1 unspecified atom stereocenters. The second-order valence-corrected chi connectivity index (χ2v) is 7.50. The Kier molecular flexibility index (Phi) is 10.8. The van der Waals surface area contributed by atoms with E-state index in [4.69, 9.17) is 0 Å². The molecule has 0 saturated heterocycles. The van der Waals surface area contributed by atoms with E-state index >= 15 is 0 Å². The van der Waals surface area contributed by atoms with E-state index in [9.17, 15) is 9.59 Å². The summed E-state index contributed by atoms with van der Waals surface area (Å²) in [5, 5.41) is 0. The summed E-state index contributed by atoms with van der Waals surface area (Å²) in [6, 6.07) is 0. The van der Waals surface area contributed by atoms with Crippen LogP contribution in [0.15, 0.2) is 22.3 Å². The molecule has 2 saturated carbocycles. The summed E-state index contributed by atoms with van der Waals surface area (Å²) in [4.78, 5) is 22.8. The number of hydrogen-bond acceptors (Lipinski definition) is 2. The predicted octanol–water partition coefficient (Wildman–Crippen LogP) is 6.45. The number of rotatable bonds is 0. The molecule has 0 spiro atoms. The van der Waals surface area contributed by atoms with E-state index in [0.29, 0.717) is 23.4 Å². The Morgan fingerprint density at radius 2 is 1.00 bits per heavy atom. The third-order valence-corrected chi connectivity index (χ3v) is 4.72. The van der Waals surface area contributed by atoms with Crippen molar-refractivity contribution in [3.8, 4) is 0 Å². The molecular formula is C22H38O2. The topological polar surface area (TPSA) is 34.1 Å². The Bertz CT molecular complexity index is 440. The van der Waals surface area contributed by atoms with Gasteiger partial charge in [-0.05, 0) is 76.4 Å². The molecule has 0 aromatic heterocycles. The molecule has 0 aromatic rings. The summed E-state index contributed by atoms with van der Waals surface area (Å²) in [5.74, 6) is 1.96. The first-order valence-electron chi connectivity index (χ1n) is 9.61. The highest BCUT2D eigenvalue weighted by molar-refractivity contribution is 5.97. The lowest BCUT2D eigenvalue weighted by Gasteiger charge is -2.20. The van der Waals surface area contributed by atoms with Gasteiger partial charge in [-0.15, -0.1) is 0 Å². The maximum absolute atomic E-state index is 11.4. The number of hydrogen-bond donors (Lipinski definition) is 0. The van der Waals surface area contributed by atoms with E-state index in [1.807, 2.05) is 41.5 Å². The quantitative estimate of drug-likeness (QED) is 0.477. The van der Waals surface area contributed by atoms with Crippen LogP contribution in [0.25, 0.3) is 0 Å². The average molecular weight is 335 g/mol. The molecule has 0 N–H and O–H groups in total. The number of carbonyl (C=O) groups is 2. The first-order chi connectivity index (χ1) is 11.2. The van der Waals surface area contributed by atoms with E-state index < -0.39 is 0 Å². The van der Waals surface area contributed by atoms with Gasteiger partial charge in [-0.1, -0.05) is 38.8 Å². The van der Waals surface area contributed by atoms with Crippen LogP contribution in [-0.4, -0.2) is 11.6 Å². The van der Waals surface area contributed by atoms with Crippen molar-refractivity contribution in [1.29, 1.82) is 0 Å². The van der Waals surface area contributed by atoms with Gasteiger partial charge in [0.05, 0.1) is 0 Å². The molecule has 2 aliphatic rings. The van der Waals surface area contributed by atoms with Crippen LogP contribution in [0.1, 0.15) is 93.9 Å². The van der Waals surface area contributed by atoms with Crippen molar-refractivity contribution in [3.05, 3.63) is 22.3 Å². The van der Waals surface area contributed by atoms with Gasteiger partial charge in [0.25, 0.3) is 0 Å². The molecule has 24 heavy (non-hydrogen) atoms. The molecule has 2 heteroatoms. The average Bonchev–Trinajstić information content (AvgIpc) is 2.49. The van der Waals surface area contributed by atoms with Gasteiger partial charge in [0.2, 0.25) is 0 Å². The Balaban J connectivity index is 0.000000400. The van der Waals surface area contributed by atoms with Crippen LogP contribution >= 0.6 is 0 Å². The molecule has 0 amide bonds. The van der Waals surface area contributed by atoms with Gasteiger partial charge < -0.3 is 0 Å². The van der Waals surface area contributed by atoms with Crippen LogP contribution in [-0.2, 0) is 9.59 Å². The van der Waals surface area contributed by atoms with E-state index in [0.717, 1.165) is 36.8 Å². The number of Topliss-reactive ketones (excluding diaryl/α,β-unsaturated/α-hetero) is 2. The fourth-order valence-electron chi connectivity index (χ4n) is 3.20. The Hall–Kier alpha value is -1.18. The molecule has 0 aliphatic heterocycles. The monoisotopic (exact) mass is 334 g/mol. The lowest BCUT2D eigenvalue weighted by atomic mass is 9.84. The van der Waals surface area contributed by atoms with Gasteiger partial charge >= 0.3 is 0 Å². The van der Waals surface area contributed by atoms with Crippen LogP contribution < -0.4 is 0 Å². The third-order valence-electron chi connectivity index (χ3n) is 4.72. The van der Waals surface area contributed by atoms with Crippen molar-refractivity contribution in [3.63, 3.8) is 0 Å². The van der Waals surface area contributed by atoms with E-state index in [-0.39, 0.29) is 0 Å². The molecular weight excluding hydrogens is 296 g/mol. The maximum Gasteiger partial charge on any atom is 0.159 e. The van der Waals surface area contributed by atoms with Gasteiger partial charge in [0, 0.05) is 12.8 Å². The van der Waals surface area contributed by atoms with E-state index in [1.54, 1.807) is 0 Å². The van der Waals surface area contributed by atoms with Gasteiger partial charge in [-0.25, -0.2) is 0 Å². The molecule has 2 rings (SSSR count). The standard InChI is InChI=1S/2C10H16O.C2H6/c2*1-7(2)9-5-4-8(3)6-10(9)11;1-2/h2*8H,4-6H2,1-3H3;1-2H3/t8-;;/m0../s1. The second kappa shape index (κ2) is 11.4. The zero-order valence-electron chi connectivity index (χ0n) is 17.2. The minimum atomic E-state index is 0.378. The third kappa shape index (κ3) is 7.59. The largest absolute Gasteiger partial charge is 0.295 e. The van der Waals surface area contributed by atoms with Crippen LogP contribution in [0.5, 0.6) is 0 Å². The van der Waals surface area contributed by atoms with Crippen molar-refractivity contribution in [2.24, 2.45) is 11.8 Å². The minimum absolute atomic E-state index is 0.378. The fraction of sp³-hybridized carbons (Fsp3) is 0.727. The van der Waals surface area contributed by atoms with Crippen LogP contribution in [0.4, 0.5) is 0 Å². The minimum Gasteiger partial charge on any atom is -0.295 e. The van der Waals surface area contributed by atoms with Gasteiger partial charge in [-0.2, -0.15) is 0 Å². The van der Waals surface area contributed by atoms with Gasteiger partial charge in [-0.3, -0.25) is 9.59 Å². The fourth-order valence-corrected chi connectivity index (χ4v) is 3.20. The van der Waals surface area contributed by atoms with Crippen molar-refractivity contribution < 1.29 is 9.59 Å². The first kappa shape index (κ1) is 22.8. The molecule has 2 aliphatic carbocycles. The highest BCUT2D eigenvalue weighted by Gasteiger charge is 2.21.